The van der Waals surface area contributed by atoms with E-state index in [0.717, 1.165) is 12.0 Å². The highest BCUT2D eigenvalue weighted by Gasteiger charge is 2.35. The van der Waals surface area contributed by atoms with Gasteiger partial charge in [-0.05, 0) is 39.3 Å². The van der Waals surface area contributed by atoms with Crippen LogP contribution >= 0.6 is 0 Å². The Morgan fingerprint density at radius 3 is 2.16 bits per heavy atom. The van der Waals surface area contributed by atoms with Gasteiger partial charge in [0.25, 0.3) is 0 Å². The normalized spacial score (nSPS) is 12.9. The number of aryl methyl sites for hydroxylation is 1. The van der Waals surface area contributed by atoms with Crippen molar-refractivity contribution >= 4 is 10.0 Å². The smallest absolute Gasteiger partial charge is 0.243 e. The zero-order valence-electron chi connectivity index (χ0n) is 12.2. The van der Waals surface area contributed by atoms with E-state index in [1.165, 1.54) is 4.31 Å². The maximum Gasteiger partial charge on any atom is 0.243 e. The zero-order valence-corrected chi connectivity index (χ0v) is 13.0. The molecule has 0 unspecified atom stereocenters. The highest BCUT2D eigenvalue weighted by Crippen LogP contribution is 2.24. The first-order valence-corrected chi connectivity index (χ1v) is 7.99. The Morgan fingerprint density at radius 1 is 1.21 bits per heavy atom. The van der Waals surface area contributed by atoms with Crippen LogP contribution in [0, 0.1) is 6.92 Å². The fourth-order valence-electron chi connectivity index (χ4n) is 1.89. The van der Waals surface area contributed by atoms with E-state index >= 15 is 0 Å². The van der Waals surface area contributed by atoms with Crippen molar-refractivity contribution in [2.24, 2.45) is 5.73 Å². The van der Waals surface area contributed by atoms with Gasteiger partial charge in [-0.3, -0.25) is 0 Å². The van der Waals surface area contributed by atoms with E-state index in [1.54, 1.807) is 12.1 Å². The molecular weight excluding hydrogens is 260 g/mol. The molecule has 0 aliphatic heterocycles. The topological polar surface area (TPSA) is 63.4 Å². The molecule has 0 fully saturated rings. The van der Waals surface area contributed by atoms with Gasteiger partial charge in [-0.15, -0.1) is 0 Å². The summed E-state index contributed by atoms with van der Waals surface area (Å²) in [5.74, 6) is 0. The van der Waals surface area contributed by atoms with Crippen molar-refractivity contribution in [2.75, 3.05) is 13.1 Å². The van der Waals surface area contributed by atoms with Crippen LogP contribution in [0.15, 0.2) is 29.2 Å². The minimum atomic E-state index is -3.50. The Balaban J connectivity index is 3.24. The maximum atomic E-state index is 12.7. The van der Waals surface area contributed by atoms with Crippen molar-refractivity contribution in [1.82, 2.24) is 4.31 Å². The number of benzene rings is 1. The Kier molecular flexibility index (Phi) is 5.12. The third-order valence-corrected chi connectivity index (χ3v) is 5.34. The highest BCUT2D eigenvalue weighted by molar-refractivity contribution is 7.89. The molecule has 4 nitrogen and oxygen atoms in total. The van der Waals surface area contributed by atoms with Crippen molar-refractivity contribution in [2.45, 2.75) is 44.6 Å². The van der Waals surface area contributed by atoms with Crippen molar-refractivity contribution in [1.29, 1.82) is 0 Å². The van der Waals surface area contributed by atoms with E-state index in [-0.39, 0.29) is 6.54 Å². The summed E-state index contributed by atoms with van der Waals surface area (Å²) in [5, 5.41) is 0. The summed E-state index contributed by atoms with van der Waals surface area (Å²) in [7, 11) is -3.50. The molecule has 2 N–H and O–H groups in total. The summed E-state index contributed by atoms with van der Waals surface area (Å²) < 4.78 is 26.9. The second kappa shape index (κ2) is 6.03. The van der Waals surface area contributed by atoms with E-state index in [1.807, 2.05) is 39.8 Å². The molecule has 0 aliphatic carbocycles. The second-order valence-corrected chi connectivity index (χ2v) is 7.27. The Bertz CT molecular complexity index is 507. The minimum Gasteiger partial charge on any atom is -0.329 e. The van der Waals surface area contributed by atoms with Crippen LogP contribution in [0.1, 0.15) is 32.8 Å². The largest absolute Gasteiger partial charge is 0.329 e. The van der Waals surface area contributed by atoms with Gasteiger partial charge in [0.15, 0.2) is 0 Å². The Morgan fingerprint density at radius 2 is 1.74 bits per heavy atom. The lowest BCUT2D eigenvalue weighted by Gasteiger charge is -2.36. The summed E-state index contributed by atoms with van der Waals surface area (Å²) in [6, 6.07) is 6.93. The predicted octanol–water partition coefficient (Wildman–Crippen LogP) is 2.13. The molecule has 5 heteroatoms. The first-order valence-electron chi connectivity index (χ1n) is 6.55. The van der Waals surface area contributed by atoms with Gasteiger partial charge in [0.05, 0.1) is 4.90 Å². The third-order valence-electron chi connectivity index (χ3n) is 3.21. The lowest BCUT2D eigenvalue weighted by atomic mass is 10.1. The molecule has 1 rings (SSSR count). The predicted molar refractivity (Wildman–Crippen MR) is 78.5 cm³/mol. The molecule has 0 radical (unpaired) electrons. The molecule has 0 amide bonds. The van der Waals surface area contributed by atoms with Crippen LogP contribution in [0.3, 0.4) is 0 Å². The molecule has 19 heavy (non-hydrogen) atoms. The van der Waals surface area contributed by atoms with Crippen LogP contribution in [0.5, 0.6) is 0 Å². The third kappa shape index (κ3) is 3.55. The standard InChI is InChI=1S/C14H24N2O2S/c1-5-10-16(14(3,4)11-15)19(17,18)13-8-6-12(2)7-9-13/h6-9H,5,10-11,15H2,1-4H3. The highest BCUT2D eigenvalue weighted by atomic mass is 32.2. The van der Waals surface area contributed by atoms with Gasteiger partial charge in [-0.1, -0.05) is 24.6 Å². The number of sulfonamides is 1. The summed E-state index contributed by atoms with van der Waals surface area (Å²) in [5.41, 5.74) is 6.19. The maximum absolute atomic E-state index is 12.7. The molecule has 1 aromatic rings. The Hall–Kier alpha value is -0.910. The molecule has 0 aromatic heterocycles. The first kappa shape index (κ1) is 16.1. The van der Waals surface area contributed by atoms with E-state index in [0.29, 0.717) is 11.4 Å². The quantitative estimate of drug-likeness (QED) is 0.870. The number of nitrogens with two attached hydrogens (primary N) is 1. The average molecular weight is 284 g/mol. The monoisotopic (exact) mass is 284 g/mol. The summed E-state index contributed by atoms with van der Waals surface area (Å²) in [6.45, 7) is 8.37. The van der Waals surface area contributed by atoms with Gasteiger partial charge in [0, 0.05) is 18.6 Å². The first-order chi connectivity index (χ1) is 8.75. The molecule has 0 bridgehead atoms. The van der Waals surface area contributed by atoms with E-state index < -0.39 is 15.6 Å². The summed E-state index contributed by atoms with van der Waals surface area (Å²) in [6.07, 6.45) is 0.758. The van der Waals surface area contributed by atoms with E-state index in [4.69, 9.17) is 5.73 Å². The van der Waals surface area contributed by atoms with Crippen molar-refractivity contribution < 1.29 is 8.42 Å². The number of nitrogens with zero attached hydrogens (tertiary/aromatic N) is 1. The SMILES string of the molecule is CCCN(C(C)(C)CN)S(=O)(=O)c1ccc(C)cc1. The number of hydrogen-bond acceptors (Lipinski definition) is 3. The second-order valence-electron chi connectivity index (χ2n) is 5.41. The fraction of sp³-hybridized carbons (Fsp3) is 0.571. The van der Waals surface area contributed by atoms with Crippen molar-refractivity contribution in [3.8, 4) is 0 Å². The molecule has 108 valence electrons. The van der Waals surface area contributed by atoms with Crippen LogP contribution in [-0.2, 0) is 10.0 Å². The van der Waals surface area contributed by atoms with Crippen LogP contribution in [0.25, 0.3) is 0 Å². The molecule has 1 aromatic carbocycles. The number of hydrogen-bond donors (Lipinski definition) is 1. The zero-order chi connectivity index (χ0) is 14.7. The van der Waals surface area contributed by atoms with E-state index in [2.05, 4.69) is 0 Å². The van der Waals surface area contributed by atoms with Gasteiger partial charge < -0.3 is 5.73 Å². The van der Waals surface area contributed by atoms with Gasteiger partial charge in [0.1, 0.15) is 0 Å². The van der Waals surface area contributed by atoms with Crippen LogP contribution in [-0.4, -0.2) is 31.4 Å². The average Bonchev–Trinajstić information content (AvgIpc) is 2.36. The van der Waals surface area contributed by atoms with Gasteiger partial charge >= 0.3 is 0 Å². The molecule has 0 spiro atoms. The van der Waals surface area contributed by atoms with Crippen LogP contribution in [0.2, 0.25) is 0 Å². The van der Waals surface area contributed by atoms with Crippen LogP contribution in [0.4, 0.5) is 0 Å². The molecular formula is C14H24N2O2S. The van der Waals surface area contributed by atoms with Crippen molar-refractivity contribution in [3.05, 3.63) is 29.8 Å². The number of rotatable bonds is 6. The molecule has 0 atom stereocenters. The molecule has 0 saturated heterocycles. The Labute approximate surface area is 116 Å². The summed E-state index contributed by atoms with van der Waals surface area (Å²) >= 11 is 0. The fourth-order valence-corrected chi connectivity index (χ4v) is 3.77. The minimum absolute atomic E-state index is 0.290. The van der Waals surface area contributed by atoms with Gasteiger partial charge in [-0.25, -0.2) is 8.42 Å². The van der Waals surface area contributed by atoms with Gasteiger partial charge in [0.2, 0.25) is 10.0 Å². The summed E-state index contributed by atoms with van der Waals surface area (Å²) in [4.78, 5) is 0.327. The molecule has 0 heterocycles. The molecule has 0 saturated carbocycles. The lowest BCUT2D eigenvalue weighted by molar-refractivity contribution is 0.235. The van der Waals surface area contributed by atoms with Gasteiger partial charge in [-0.2, -0.15) is 4.31 Å². The van der Waals surface area contributed by atoms with Crippen LogP contribution < -0.4 is 5.73 Å². The van der Waals surface area contributed by atoms with E-state index in [9.17, 15) is 8.42 Å². The lowest BCUT2D eigenvalue weighted by Crippen LogP contribution is -2.52. The molecule has 0 aliphatic rings. The van der Waals surface area contributed by atoms with Crippen molar-refractivity contribution in [3.63, 3.8) is 0 Å².